The molecule has 5 rings (SSSR count). The van der Waals surface area contributed by atoms with Gasteiger partial charge >= 0.3 is 0 Å². The lowest BCUT2D eigenvalue weighted by atomic mass is 9.91. The highest BCUT2D eigenvalue weighted by atomic mass is 32.1. The van der Waals surface area contributed by atoms with E-state index in [1.54, 1.807) is 7.11 Å². The number of methoxy groups -OCH3 is 1. The van der Waals surface area contributed by atoms with Gasteiger partial charge in [0, 0.05) is 34.4 Å². The predicted octanol–water partition coefficient (Wildman–Crippen LogP) is 4.46. The SMILES string of the molecule is CCc1cc2c(=O)n(CC(=O)NCC(c3ccc(OC)cc3)c3c[nH]c4ccccc34)cnc2s1. The van der Waals surface area contributed by atoms with Crippen LogP contribution < -0.4 is 15.6 Å². The minimum Gasteiger partial charge on any atom is -0.497 e. The summed E-state index contributed by atoms with van der Waals surface area (Å²) in [5.41, 5.74) is 3.00. The fraction of sp³-hybridized carbons (Fsp3) is 0.222. The Kier molecular flexibility index (Phi) is 6.37. The van der Waals surface area contributed by atoms with Crippen LogP contribution in [0.1, 0.15) is 28.8 Å². The number of carbonyl (C=O) groups excluding carboxylic acids is 1. The molecule has 35 heavy (non-hydrogen) atoms. The van der Waals surface area contributed by atoms with E-state index in [1.807, 2.05) is 61.7 Å². The summed E-state index contributed by atoms with van der Waals surface area (Å²) < 4.78 is 6.68. The number of aryl methyl sites for hydroxylation is 1. The number of nitrogens with one attached hydrogen (secondary N) is 2. The van der Waals surface area contributed by atoms with Gasteiger partial charge in [0.15, 0.2) is 0 Å². The number of aromatic amines is 1. The summed E-state index contributed by atoms with van der Waals surface area (Å²) in [5.74, 6) is 0.456. The van der Waals surface area contributed by atoms with E-state index in [1.165, 1.54) is 22.2 Å². The van der Waals surface area contributed by atoms with Gasteiger partial charge in [-0.3, -0.25) is 14.2 Å². The molecule has 5 aromatic rings. The molecule has 2 N–H and O–H groups in total. The van der Waals surface area contributed by atoms with Crippen molar-refractivity contribution in [3.05, 3.63) is 93.5 Å². The summed E-state index contributed by atoms with van der Waals surface area (Å²) in [4.78, 5) is 35.3. The number of ether oxygens (including phenoxy) is 1. The largest absolute Gasteiger partial charge is 0.497 e. The zero-order chi connectivity index (χ0) is 24.4. The van der Waals surface area contributed by atoms with Crippen LogP contribution in [0.25, 0.3) is 21.1 Å². The number of fused-ring (bicyclic) bond motifs is 2. The van der Waals surface area contributed by atoms with Crippen LogP contribution in [0.15, 0.2) is 71.9 Å². The fourth-order valence-corrected chi connectivity index (χ4v) is 5.27. The van der Waals surface area contributed by atoms with Gasteiger partial charge in [-0.25, -0.2) is 4.98 Å². The van der Waals surface area contributed by atoms with Crippen LogP contribution >= 0.6 is 11.3 Å². The molecule has 3 heterocycles. The third-order valence-electron chi connectivity index (χ3n) is 6.25. The Morgan fingerprint density at radius 1 is 1.17 bits per heavy atom. The Bertz CT molecular complexity index is 1550. The van der Waals surface area contributed by atoms with Gasteiger partial charge in [-0.1, -0.05) is 37.3 Å². The Morgan fingerprint density at radius 3 is 2.74 bits per heavy atom. The molecule has 0 fully saturated rings. The van der Waals surface area contributed by atoms with E-state index >= 15 is 0 Å². The average Bonchev–Trinajstić information content (AvgIpc) is 3.51. The maximum atomic E-state index is 12.9. The normalized spacial score (nSPS) is 12.2. The number of H-pyrrole nitrogens is 1. The third kappa shape index (κ3) is 4.57. The number of carbonyl (C=O) groups is 1. The van der Waals surface area contributed by atoms with E-state index in [9.17, 15) is 9.59 Å². The number of hydrogen-bond donors (Lipinski definition) is 2. The molecule has 178 valence electrons. The highest BCUT2D eigenvalue weighted by Crippen LogP contribution is 2.31. The first-order valence-electron chi connectivity index (χ1n) is 11.5. The van der Waals surface area contributed by atoms with E-state index in [0.717, 1.165) is 39.1 Å². The van der Waals surface area contributed by atoms with Crippen LogP contribution in [0.2, 0.25) is 0 Å². The van der Waals surface area contributed by atoms with Crippen LogP contribution in [0.4, 0.5) is 0 Å². The second-order valence-electron chi connectivity index (χ2n) is 8.38. The number of hydrogen-bond acceptors (Lipinski definition) is 5. The summed E-state index contributed by atoms with van der Waals surface area (Å²) in [7, 11) is 1.64. The van der Waals surface area contributed by atoms with Crippen molar-refractivity contribution in [1.29, 1.82) is 0 Å². The van der Waals surface area contributed by atoms with E-state index in [4.69, 9.17) is 4.74 Å². The van der Waals surface area contributed by atoms with Crippen molar-refractivity contribution in [2.45, 2.75) is 25.8 Å². The second-order valence-corrected chi connectivity index (χ2v) is 9.50. The Balaban J connectivity index is 1.39. The predicted molar refractivity (Wildman–Crippen MR) is 139 cm³/mol. The zero-order valence-corrected chi connectivity index (χ0v) is 20.4. The van der Waals surface area contributed by atoms with Crippen molar-refractivity contribution >= 4 is 38.4 Å². The first kappa shape index (κ1) is 22.9. The molecular weight excluding hydrogens is 460 g/mol. The quantitative estimate of drug-likeness (QED) is 0.339. The highest BCUT2D eigenvalue weighted by Gasteiger charge is 2.20. The van der Waals surface area contributed by atoms with Gasteiger partial charge in [0.2, 0.25) is 5.91 Å². The molecule has 2 aromatic carbocycles. The van der Waals surface area contributed by atoms with Crippen molar-refractivity contribution < 1.29 is 9.53 Å². The summed E-state index contributed by atoms with van der Waals surface area (Å²) in [6.45, 7) is 2.35. The maximum absolute atomic E-state index is 12.9. The van der Waals surface area contributed by atoms with Crippen molar-refractivity contribution in [3.8, 4) is 5.75 Å². The molecule has 0 aliphatic carbocycles. The van der Waals surface area contributed by atoms with Crippen LogP contribution in [0.3, 0.4) is 0 Å². The fourth-order valence-electron chi connectivity index (χ4n) is 4.35. The van der Waals surface area contributed by atoms with E-state index < -0.39 is 0 Å². The molecule has 0 radical (unpaired) electrons. The molecular formula is C27H26N4O3S. The molecule has 0 spiro atoms. The number of rotatable bonds is 8. The van der Waals surface area contributed by atoms with E-state index in [2.05, 4.69) is 21.4 Å². The van der Waals surface area contributed by atoms with Crippen molar-refractivity contribution in [2.75, 3.05) is 13.7 Å². The maximum Gasteiger partial charge on any atom is 0.262 e. The van der Waals surface area contributed by atoms with Crippen LogP contribution in [0.5, 0.6) is 5.75 Å². The summed E-state index contributed by atoms with van der Waals surface area (Å²) in [6, 6.07) is 17.9. The molecule has 0 saturated carbocycles. The number of nitrogens with zero attached hydrogens (tertiary/aromatic N) is 2. The molecule has 0 bridgehead atoms. The monoisotopic (exact) mass is 486 g/mol. The second kappa shape index (κ2) is 9.76. The van der Waals surface area contributed by atoms with Crippen LogP contribution in [-0.4, -0.2) is 34.1 Å². The van der Waals surface area contributed by atoms with E-state index in [0.29, 0.717) is 16.8 Å². The minimum atomic E-state index is -0.238. The molecule has 0 aliphatic rings. The molecule has 7 nitrogen and oxygen atoms in total. The molecule has 1 unspecified atom stereocenters. The number of benzene rings is 2. The zero-order valence-electron chi connectivity index (χ0n) is 19.6. The molecule has 0 saturated heterocycles. The topological polar surface area (TPSA) is 89.0 Å². The van der Waals surface area contributed by atoms with E-state index in [-0.39, 0.29) is 23.9 Å². The van der Waals surface area contributed by atoms with Gasteiger partial charge in [0.05, 0.1) is 18.8 Å². The number of amides is 1. The molecule has 0 aliphatic heterocycles. The van der Waals surface area contributed by atoms with Crippen LogP contribution in [-0.2, 0) is 17.8 Å². The van der Waals surface area contributed by atoms with Gasteiger partial charge in [0.1, 0.15) is 17.1 Å². The Labute approximate surface area is 206 Å². The molecule has 1 amide bonds. The number of aromatic nitrogens is 3. The first-order valence-corrected chi connectivity index (χ1v) is 12.3. The molecule has 3 aromatic heterocycles. The van der Waals surface area contributed by atoms with Gasteiger partial charge < -0.3 is 15.0 Å². The van der Waals surface area contributed by atoms with Crippen molar-refractivity contribution in [2.24, 2.45) is 0 Å². The summed E-state index contributed by atoms with van der Waals surface area (Å²) >= 11 is 1.52. The summed E-state index contributed by atoms with van der Waals surface area (Å²) in [6.07, 6.45) is 4.30. The lowest BCUT2D eigenvalue weighted by molar-refractivity contribution is -0.121. The standard InChI is InChI=1S/C27H26N4O3S/c1-3-19-12-21-26(35-19)30-16-31(27(21)33)15-25(32)29-13-22(17-8-10-18(34-2)11-9-17)23-14-28-24-7-5-4-6-20(23)24/h4-12,14,16,22,28H,3,13,15H2,1-2H3,(H,29,32). The minimum absolute atomic E-state index is 0.0811. The highest BCUT2D eigenvalue weighted by molar-refractivity contribution is 7.18. The van der Waals surface area contributed by atoms with Crippen LogP contribution in [0, 0.1) is 0 Å². The van der Waals surface area contributed by atoms with Gasteiger partial charge in [0.25, 0.3) is 5.56 Å². The Morgan fingerprint density at radius 2 is 1.97 bits per heavy atom. The van der Waals surface area contributed by atoms with Gasteiger partial charge in [-0.05, 0) is 41.8 Å². The third-order valence-corrected chi connectivity index (χ3v) is 7.44. The first-order chi connectivity index (χ1) is 17.1. The lowest BCUT2D eigenvalue weighted by Gasteiger charge is -2.19. The summed E-state index contributed by atoms with van der Waals surface area (Å²) in [5, 5.41) is 4.71. The number of para-hydroxylation sites is 1. The van der Waals surface area contributed by atoms with Gasteiger partial charge in [-0.15, -0.1) is 11.3 Å². The van der Waals surface area contributed by atoms with Gasteiger partial charge in [-0.2, -0.15) is 0 Å². The Hall–Kier alpha value is -3.91. The number of thiophene rings is 1. The smallest absolute Gasteiger partial charge is 0.262 e. The van der Waals surface area contributed by atoms with Crippen molar-refractivity contribution in [3.63, 3.8) is 0 Å². The van der Waals surface area contributed by atoms with Crippen molar-refractivity contribution in [1.82, 2.24) is 19.9 Å². The molecule has 8 heteroatoms. The average molecular weight is 487 g/mol. The lowest BCUT2D eigenvalue weighted by Crippen LogP contribution is -2.34. The molecule has 1 atom stereocenters.